The highest BCUT2D eigenvalue weighted by molar-refractivity contribution is 6.36. The lowest BCUT2D eigenvalue weighted by Crippen LogP contribution is -2.03. The maximum absolute atomic E-state index is 6.44. The number of hydrogen-bond donors (Lipinski definition) is 2. The van der Waals surface area contributed by atoms with E-state index in [2.05, 4.69) is 30.7 Å². The van der Waals surface area contributed by atoms with E-state index in [1.165, 1.54) is 0 Å². The molecule has 0 unspecified atom stereocenters. The number of tetrazole rings is 1. The molecule has 0 amide bonds. The van der Waals surface area contributed by atoms with Crippen LogP contribution in [0.15, 0.2) is 48.8 Å². The molecule has 0 bridgehead atoms. The maximum atomic E-state index is 6.44. The lowest BCUT2D eigenvalue weighted by molar-refractivity contribution is 0.881. The zero-order valence-electron chi connectivity index (χ0n) is 13.3. The van der Waals surface area contributed by atoms with Crippen LogP contribution in [0.1, 0.15) is 0 Å². The third-order valence-electron chi connectivity index (χ3n) is 4.31. The van der Waals surface area contributed by atoms with Gasteiger partial charge in [0.05, 0.1) is 11.8 Å². The fourth-order valence-electron chi connectivity index (χ4n) is 3.12. The molecule has 26 heavy (non-hydrogen) atoms. The molecule has 3 aromatic heterocycles. The molecule has 0 spiro atoms. The SMILES string of the molecule is Nc1c(-c2cccc3cccc(Cl)c23)cnc2c(-c3nnn[nH]3)cnn12. The Kier molecular flexibility index (Phi) is 3.13. The lowest BCUT2D eigenvalue weighted by atomic mass is 9.99. The number of hydrogen-bond acceptors (Lipinski definition) is 6. The molecular formula is C17H11ClN8. The number of aromatic nitrogens is 7. The Hall–Kier alpha value is -3.52. The van der Waals surface area contributed by atoms with E-state index in [0.717, 1.165) is 21.9 Å². The number of nitrogens with zero attached hydrogens (tertiary/aromatic N) is 6. The zero-order chi connectivity index (χ0) is 17.7. The van der Waals surface area contributed by atoms with Crippen molar-refractivity contribution in [3.63, 3.8) is 0 Å². The molecule has 9 heteroatoms. The second-order valence-electron chi connectivity index (χ2n) is 5.74. The standard InChI is InChI=1S/C17H11ClN8/c18-13-6-2-4-9-3-1-5-10(14(9)13)11-7-20-17-12(16-22-24-25-23-16)8-21-26(17)15(11)19/h1-8H,19H2,(H,22,23,24,25). The van der Waals surface area contributed by atoms with Crippen LogP contribution in [0.2, 0.25) is 5.02 Å². The van der Waals surface area contributed by atoms with Gasteiger partial charge in [-0.05, 0) is 27.4 Å². The summed E-state index contributed by atoms with van der Waals surface area (Å²) in [5.74, 6) is 0.939. The Morgan fingerprint density at radius 1 is 1.00 bits per heavy atom. The number of aromatic amines is 1. The largest absolute Gasteiger partial charge is 0.383 e. The number of nitrogens with two attached hydrogens (primary N) is 1. The van der Waals surface area contributed by atoms with Gasteiger partial charge in [0.15, 0.2) is 11.5 Å². The molecule has 5 aromatic rings. The van der Waals surface area contributed by atoms with Gasteiger partial charge in [-0.25, -0.2) is 10.1 Å². The molecule has 5 rings (SSSR count). The van der Waals surface area contributed by atoms with E-state index in [1.54, 1.807) is 16.9 Å². The van der Waals surface area contributed by atoms with E-state index in [9.17, 15) is 0 Å². The number of H-pyrrole nitrogens is 1. The van der Waals surface area contributed by atoms with Crippen molar-refractivity contribution in [1.82, 2.24) is 35.2 Å². The number of benzene rings is 2. The predicted octanol–water partition coefficient (Wildman–Crippen LogP) is 2.97. The first-order valence-electron chi connectivity index (χ1n) is 7.78. The van der Waals surface area contributed by atoms with Crippen LogP contribution in [0.5, 0.6) is 0 Å². The number of nitrogen functional groups attached to an aromatic ring is 1. The molecule has 0 aliphatic heterocycles. The van der Waals surface area contributed by atoms with Gasteiger partial charge in [-0.2, -0.15) is 9.61 Å². The second kappa shape index (κ2) is 5.50. The van der Waals surface area contributed by atoms with Crippen molar-refractivity contribution in [3.8, 4) is 22.5 Å². The molecule has 126 valence electrons. The van der Waals surface area contributed by atoms with Gasteiger partial charge in [-0.3, -0.25) is 0 Å². The van der Waals surface area contributed by atoms with Crippen LogP contribution in [0.3, 0.4) is 0 Å². The topological polar surface area (TPSA) is 111 Å². The Bertz CT molecular complexity index is 1250. The molecule has 3 heterocycles. The van der Waals surface area contributed by atoms with E-state index in [4.69, 9.17) is 17.3 Å². The van der Waals surface area contributed by atoms with E-state index < -0.39 is 0 Å². The minimum atomic E-state index is 0.459. The van der Waals surface area contributed by atoms with Crippen LogP contribution in [0, 0.1) is 0 Å². The summed E-state index contributed by atoms with van der Waals surface area (Å²) >= 11 is 6.44. The zero-order valence-corrected chi connectivity index (χ0v) is 14.0. The second-order valence-corrected chi connectivity index (χ2v) is 6.15. The van der Waals surface area contributed by atoms with Crippen molar-refractivity contribution in [2.24, 2.45) is 0 Å². The minimum Gasteiger partial charge on any atom is -0.383 e. The molecule has 0 fully saturated rings. The highest BCUT2D eigenvalue weighted by atomic mass is 35.5. The first kappa shape index (κ1) is 14.8. The monoisotopic (exact) mass is 362 g/mol. The molecule has 2 aromatic carbocycles. The third kappa shape index (κ3) is 2.06. The fourth-order valence-corrected chi connectivity index (χ4v) is 3.40. The Balaban J connectivity index is 1.78. The molecule has 8 nitrogen and oxygen atoms in total. The maximum Gasteiger partial charge on any atom is 0.184 e. The summed E-state index contributed by atoms with van der Waals surface area (Å²) in [6.07, 6.45) is 3.35. The Morgan fingerprint density at radius 2 is 1.85 bits per heavy atom. The summed E-state index contributed by atoms with van der Waals surface area (Å²) in [6.45, 7) is 0. The van der Waals surface area contributed by atoms with E-state index >= 15 is 0 Å². The van der Waals surface area contributed by atoms with Crippen molar-refractivity contribution in [1.29, 1.82) is 0 Å². The van der Waals surface area contributed by atoms with Gasteiger partial charge < -0.3 is 5.73 Å². The number of fused-ring (bicyclic) bond motifs is 2. The van der Waals surface area contributed by atoms with E-state index in [1.807, 2.05) is 36.4 Å². The normalized spacial score (nSPS) is 11.4. The highest BCUT2D eigenvalue weighted by Crippen LogP contribution is 2.36. The van der Waals surface area contributed by atoms with Crippen LogP contribution in [-0.2, 0) is 0 Å². The summed E-state index contributed by atoms with van der Waals surface area (Å²) < 4.78 is 1.57. The summed E-state index contributed by atoms with van der Waals surface area (Å²) in [6, 6.07) is 11.7. The summed E-state index contributed by atoms with van der Waals surface area (Å²) in [5.41, 5.74) is 9.30. The first-order valence-corrected chi connectivity index (χ1v) is 8.16. The first-order chi connectivity index (χ1) is 12.7. The molecule has 0 atom stereocenters. The van der Waals surface area contributed by atoms with Gasteiger partial charge in [0, 0.05) is 22.2 Å². The molecular weight excluding hydrogens is 352 g/mol. The van der Waals surface area contributed by atoms with Gasteiger partial charge >= 0.3 is 0 Å². The molecule has 0 saturated carbocycles. The van der Waals surface area contributed by atoms with Gasteiger partial charge in [0.1, 0.15) is 5.82 Å². The number of anilines is 1. The minimum absolute atomic E-state index is 0.459. The van der Waals surface area contributed by atoms with Crippen LogP contribution in [0.25, 0.3) is 38.9 Å². The number of rotatable bonds is 2. The molecule has 0 radical (unpaired) electrons. The van der Waals surface area contributed by atoms with Crippen LogP contribution < -0.4 is 5.73 Å². The Morgan fingerprint density at radius 3 is 2.65 bits per heavy atom. The van der Waals surface area contributed by atoms with Gasteiger partial charge in [0.2, 0.25) is 0 Å². The van der Waals surface area contributed by atoms with E-state index in [-0.39, 0.29) is 0 Å². The average Bonchev–Trinajstić information content (AvgIpc) is 3.31. The van der Waals surface area contributed by atoms with Crippen LogP contribution >= 0.6 is 11.6 Å². The molecule has 3 N–H and O–H groups in total. The molecule has 0 saturated heterocycles. The number of nitrogens with one attached hydrogen (secondary N) is 1. The van der Waals surface area contributed by atoms with Crippen LogP contribution in [-0.4, -0.2) is 35.2 Å². The average molecular weight is 363 g/mol. The molecule has 0 aliphatic carbocycles. The number of halogens is 1. The lowest BCUT2D eigenvalue weighted by Gasteiger charge is -2.11. The highest BCUT2D eigenvalue weighted by Gasteiger charge is 2.17. The smallest absolute Gasteiger partial charge is 0.184 e. The summed E-state index contributed by atoms with van der Waals surface area (Å²) in [5, 5.41) is 20.7. The quantitative estimate of drug-likeness (QED) is 0.499. The van der Waals surface area contributed by atoms with Crippen molar-refractivity contribution in [2.75, 3.05) is 5.73 Å². The van der Waals surface area contributed by atoms with Crippen molar-refractivity contribution >= 4 is 33.8 Å². The molecule has 0 aliphatic rings. The predicted molar refractivity (Wildman–Crippen MR) is 98.5 cm³/mol. The van der Waals surface area contributed by atoms with Crippen LogP contribution in [0.4, 0.5) is 5.82 Å². The fraction of sp³-hybridized carbons (Fsp3) is 0. The van der Waals surface area contributed by atoms with E-state index in [0.29, 0.717) is 27.9 Å². The van der Waals surface area contributed by atoms with Gasteiger partial charge in [0.25, 0.3) is 0 Å². The van der Waals surface area contributed by atoms with Crippen molar-refractivity contribution in [3.05, 3.63) is 53.8 Å². The third-order valence-corrected chi connectivity index (χ3v) is 4.62. The van der Waals surface area contributed by atoms with Crippen molar-refractivity contribution < 1.29 is 0 Å². The Labute approximate surface area is 151 Å². The van der Waals surface area contributed by atoms with Gasteiger partial charge in [-0.15, -0.1) is 5.10 Å². The summed E-state index contributed by atoms with van der Waals surface area (Å²) in [7, 11) is 0. The van der Waals surface area contributed by atoms with Crippen molar-refractivity contribution in [2.45, 2.75) is 0 Å². The van der Waals surface area contributed by atoms with Gasteiger partial charge in [-0.1, -0.05) is 41.9 Å². The summed E-state index contributed by atoms with van der Waals surface area (Å²) in [4.78, 5) is 4.53.